The number of aliphatic hydroxyl groups is 1. The van der Waals surface area contributed by atoms with Crippen LogP contribution in [-0.2, 0) is 6.42 Å². The van der Waals surface area contributed by atoms with E-state index in [4.69, 9.17) is 11.6 Å². The van der Waals surface area contributed by atoms with Gasteiger partial charge in [0.1, 0.15) is 0 Å². The molecule has 1 atom stereocenters. The molecule has 0 heterocycles. The third-order valence-corrected chi connectivity index (χ3v) is 3.17. The minimum absolute atomic E-state index is 0.0172. The third-order valence-electron chi connectivity index (χ3n) is 2.93. The van der Waals surface area contributed by atoms with Crippen LogP contribution >= 0.6 is 11.6 Å². The lowest BCUT2D eigenvalue weighted by molar-refractivity contribution is -0.385. The first-order valence-corrected chi connectivity index (χ1v) is 6.20. The minimum Gasteiger partial charge on any atom is -0.393 e. The summed E-state index contributed by atoms with van der Waals surface area (Å²) in [6.07, 6.45) is 0.463. The molecule has 0 saturated heterocycles. The third kappa shape index (κ3) is 3.96. The summed E-state index contributed by atoms with van der Waals surface area (Å²) in [7, 11) is 0. The number of aryl methyl sites for hydroxylation is 1. The van der Waals surface area contributed by atoms with Gasteiger partial charge in [0.25, 0.3) is 5.69 Å². The topological polar surface area (TPSA) is 63.4 Å². The Morgan fingerprint density at radius 1 is 1.44 bits per heavy atom. The van der Waals surface area contributed by atoms with Gasteiger partial charge in [-0.1, -0.05) is 38.4 Å². The molecule has 1 N–H and O–H groups in total. The Bertz CT molecular complexity index is 440. The van der Waals surface area contributed by atoms with Gasteiger partial charge >= 0.3 is 0 Å². The Morgan fingerprint density at radius 3 is 2.56 bits per heavy atom. The lowest BCUT2D eigenvalue weighted by atomic mass is 9.85. The molecular weight excluding hydrogens is 254 g/mol. The second-order valence-corrected chi connectivity index (χ2v) is 5.89. The van der Waals surface area contributed by atoms with E-state index in [-0.39, 0.29) is 11.1 Å². The minimum atomic E-state index is -0.493. The van der Waals surface area contributed by atoms with Crippen molar-refractivity contribution >= 4 is 17.3 Å². The van der Waals surface area contributed by atoms with Crippen LogP contribution in [0.15, 0.2) is 18.2 Å². The number of nitrogens with zero attached hydrogens (tertiary/aromatic N) is 1. The first kappa shape index (κ1) is 14.9. The zero-order valence-corrected chi connectivity index (χ0v) is 11.6. The Balaban J connectivity index is 2.82. The molecule has 18 heavy (non-hydrogen) atoms. The fourth-order valence-electron chi connectivity index (χ4n) is 1.64. The normalized spacial score (nSPS) is 13.4. The van der Waals surface area contributed by atoms with E-state index >= 15 is 0 Å². The molecule has 0 fully saturated rings. The van der Waals surface area contributed by atoms with Gasteiger partial charge in [-0.15, -0.1) is 0 Å². The average Bonchev–Trinajstić information content (AvgIpc) is 2.25. The molecule has 1 rings (SSSR count). The number of nitro groups is 1. The average molecular weight is 272 g/mol. The Hall–Kier alpha value is -1.13. The zero-order chi connectivity index (χ0) is 13.9. The maximum atomic E-state index is 10.9. The van der Waals surface area contributed by atoms with Crippen molar-refractivity contribution in [3.05, 3.63) is 38.9 Å². The van der Waals surface area contributed by atoms with Gasteiger partial charge in [-0.3, -0.25) is 10.1 Å². The fourth-order valence-corrected chi connectivity index (χ4v) is 1.81. The molecule has 0 saturated carbocycles. The molecular formula is C13H18ClNO3. The van der Waals surface area contributed by atoms with Crippen molar-refractivity contribution in [3.8, 4) is 0 Å². The summed E-state index contributed by atoms with van der Waals surface area (Å²) >= 11 is 5.74. The molecule has 0 aliphatic heterocycles. The standard InChI is InChI=1S/C13H18ClNO3/c1-13(2,3)12(16)7-5-9-4-6-10(14)8-11(9)15(17)18/h4,6,8,12,16H,5,7H2,1-3H3. The zero-order valence-electron chi connectivity index (χ0n) is 10.8. The number of nitro benzene ring substituents is 1. The van der Waals surface area contributed by atoms with Crippen LogP contribution in [0.2, 0.25) is 5.02 Å². The molecule has 0 spiro atoms. The van der Waals surface area contributed by atoms with Crippen LogP contribution < -0.4 is 0 Å². The van der Waals surface area contributed by atoms with Crippen LogP contribution in [0.25, 0.3) is 0 Å². The van der Waals surface area contributed by atoms with Crippen LogP contribution in [0.3, 0.4) is 0 Å². The highest BCUT2D eigenvalue weighted by molar-refractivity contribution is 6.30. The van der Waals surface area contributed by atoms with Gasteiger partial charge in [0.15, 0.2) is 0 Å². The van der Waals surface area contributed by atoms with Crippen LogP contribution in [0, 0.1) is 15.5 Å². The number of benzene rings is 1. The maximum Gasteiger partial charge on any atom is 0.274 e. The van der Waals surface area contributed by atoms with Crippen LogP contribution in [0.5, 0.6) is 0 Å². The predicted molar refractivity (Wildman–Crippen MR) is 71.9 cm³/mol. The molecule has 0 amide bonds. The molecule has 5 heteroatoms. The monoisotopic (exact) mass is 271 g/mol. The molecule has 0 bridgehead atoms. The predicted octanol–water partition coefficient (Wildman–Crippen LogP) is 3.59. The molecule has 4 nitrogen and oxygen atoms in total. The number of hydrogen-bond donors (Lipinski definition) is 1. The van der Waals surface area contributed by atoms with E-state index in [1.165, 1.54) is 6.07 Å². The van der Waals surface area contributed by atoms with Crippen molar-refractivity contribution < 1.29 is 10.0 Å². The summed E-state index contributed by atoms with van der Waals surface area (Å²) in [4.78, 5) is 10.5. The number of hydrogen-bond acceptors (Lipinski definition) is 3. The van der Waals surface area contributed by atoms with E-state index in [9.17, 15) is 15.2 Å². The number of halogens is 1. The highest BCUT2D eigenvalue weighted by atomic mass is 35.5. The summed E-state index contributed by atoms with van der Waals surface area (Å²) in [6.45, 7) is 5.82. The number of rotatable bonds is 4. The quantitative estimate of drug-likeness (QED) is 0.672. The number of aliphatic hydroxyl groups excluding tert-OH is 1. The molecule has 0 aliphatic carbocycles. The first-order chi connectivity index (χ1) is 8.21. The van der Waals surface area contributed by atoms with E-state index in [1.54, 1.807) is 12.1 Å². The van der Waals surface area contributed by atoms with Gasteiger partial charge in [-0.25, -0.2) is 0 Å². The molecule has 1 aromatic rings. The van der Waals surface area contributed by atoms with Gasteiger partial charge in [0.05, 0.1) is 11.0 Å². The highest BCUT2D eigenvalue weighted by Crippen LogP contribution is 2.27. The molecule has 100 valence electrons. The lowest BCUT2D eigenvalue weighted by Crippen LogP contribution is -2.26. The summed E-state index contributed by atoms with van der Waals surface area (Å²) in [5.74, 6) is 0. The molecule has 0 aromatic heterocycles. The summed E-state index contributed by atoms with van der Waals surface area (Å²) in [6, 6.07) is 4.63. The second-order valence-electron chi connectivity index (χ2n) is 5.45. The highest BCUT2D eigenvalue weighted by Gasteiger charge is 2.23. The van der Waals surface area contributed by atoms with Crippen LogP contribution in [0.4, 0.5) is 5.69 Å². The van der Waals surface area contributed by atoms with Crippen molar-refractivity contribution in [2.45, 2.75) is 39.7 Å². The Morgan fingerprint density at radius 2 is 2.06 bits per heavy atom. The summed E-state index contributed by atoms with van der Waals surface area (Å²) < 4.78 is 0. The summed E-state index contributed by atoms with van der Waals surface area (Å²) in [5.41, 5.74) is 0.401. The van der Waals surface area contributed by atoms with Gasteiger partial charge in [0.2, 0.25) is 0 Å². The van der Waals surface area contributed by atoms with Crippen molar-refractivity contribution in [1.82, 2.24) is 0 Å². The molecule has 0 aliphatic rings. The van der Waals surface area contributed by atoms with Gasteiger partial charge in [-0.05, 0) is 24.3 Å². The second kappa shape index (κ2) is 5.67. The molecule has 1 unspecified atom stereocenters. The van der Waals surface area contributed by atoms with Crippen molar-refractivity contribution in [2.24, 2.45) is 5.41 Å². The van der Waals surface area contributed by atoms with Crippen molar-refractivity contribution in [1.29, 1.82) is 0 Å². The van der Waals surface area contributed by atoms with E-state index < -0.39 is 11.0 Å². The maximum absolute atomic E-state index is 10.9. The molecule has 1 aromatic carbocycles. The van der Waals surface area contributed by atoms with Crippen LogP contribution in [0.1, 0.15) is 32.8 Å². The van der Waals surface area contributed by atoms with E-state index in [0.29, 0.717) is 23.4 Å². The Kier molecular flexibility index (Phi) is 4.71. The van der Waals surface area contributed by atoms with Gasteiger partial charge < -0.3 is 5.11 Å². The van der Waals surface area contributed by atoms with E-state index in [1.807, 2.05) is 20.8 Å². The smallest absolute Gasteiger partial charge is 0.274 e. The lowest BCUT2D eigenvalue weighted by Gasteiger charge is -2.25. The molecule has 0 radical (unpaired) electrons. The van der Waals surface area contributed by atoms with Crippen LogP contribution in [-0.4, -0.2) is 16.1 Å². The van der Waals surface area contributed by atoms with Gasteiger partial charge in [-0.2, -0.15) is 0 Å². The summed E-state index contributed by atoms with van der Waals surface area (Å²) in [5, 5.41) is 21.2. The fraction of sp³-hybridized carbons (Fsp3) is 0.538. The Labute approximate surface area is 112 Å². The van der Waals surface area contributed by atoms with Crippen molar-refractivity contribution in [2.75, 3.05) is 0 Å². The first-order valence-electron chi connectivity index (χ1n) is 5.82. The van der Waals surface area contributed by atoms with Gasteiger partial charge in [0, 0.05) is 16.7 Å². The van der Waals surface area contributed by atoms with Crippen molar-refractivity contribution in [3.63, 3.8) is 0 Å². The SMILES string of the molecule is CC(C)(C)C(O)CCc1ccc(Cl)cc1[N+](=O)[O-]. The van der Waals surface area contributed by atoms with E-state index in [2.05, 4.69) is 0 Å². The van der Waals surface area contributed by atoms with E-state index in [0.717, 1.165) is 0 Å². The largest absolute Gasteiger partial charge is 0.393 e.